The van der Waals surface area contributed by atoms with Gasteiger partial charge in [-0.1, -0.05) is 12.8 Å². The molecule has 0 amide bonds. The van der Waals surface area contributed by atoms with Crippen molar-refractivity contribution in [2.24, 2.45) is 0 Å². The second-order valence-corrected chi connectivity index (χ2v) is 8.35. The van der Waals surface area contributed by atoms with Crippen molar-refractivity contribution in [1.82, 2.24) is 29.7 Å². The van der Waals surface area contributed by atoms with E-state index in [1.54, 1.807) is 0 Å². The summed E-state index contributed by atoms with van der Waals surface area (Å²) in [7, 11) is 0. The van der Waals surface area contributed by atoms with E-state index in [-0.39, 0.29) is 6.04 Å². The summed E-state index contributed by atoms with van der Waals surface area (Å²) in [4.78, 5) is 20.1. The molecule has 1 atom stereocenters. The molecule has 4 aromatic rings. The Kier molecular flexibility index (Phi) is 4.19. The van der Waals surface area contributed by atoms with E-state index in [4.69, 9.17) is 19.8 Å². The van der Waals surface area contributed by atoms with Crippen molar-refractivity contribution in [3.63, 3.8) is 0 Å². The molecule has 1 N–H and O–H groups in total. The van der Waals surface area contributed by atoms with E-state index in [1.165, 1.54) is 12.8 Å². The van der Waals surface area contributed by atoms with E-state index in [0.717, 1.165) is 58.7 Å². The van der Waals surface area contributed by atoms with Gasteiger partial charge in [0.25, 0.3) is 0 Å². The van der Waals surface area contributed by atoms with Gasteiger partial charge in [0.15, 0.2) is 11.5 Å². The molecule has 8 nitrogen and oxygen atoms in total. The summed E-state index contributed by atoms with van der Waals surface area (Å²) in [5.74, 6) is 1.68. The predicted octanol–water partition coefficient (Wildman–Crippen LogP) is 3.71. The minimum atomic E-state index is 0.254. The molecule has 30 heavy (non-hydrogen) atoms. The lowest BCUT2D eigenvalue weighted by Crippen LogP contribution is -2.44. The second-order valence-electron chi connectivity index (χ2n) is 8.35. The molecule has 154 valence electrons. The Morgan fingerprint density at radius 1 is 1.13 bits per heavy atom. The Hall–Kier alpha value is -3.00. The SMILES string of the molecule is C[C@@H]1COCCN1c1nc(-c2ccnc3[nH]ccc23)nc2c1cnn2C1CCCC1. The monoisotopic (exact) mass is 403 g/mol. The van der Waals surface area contributed by atoms with E-state index < -0.39 is 0 Å². The van der Waals surface area contributed by atoms with Gasteiger partial charge >= 0.3 is 0 Å². The Labute approximate surface area is 174 Å². The predicted molar refractivity (Wildman–Crippen MR) is 116 cm³/mol. The number of ether oxygens (including phenoxy) is 1. The molecule has 2 fully saturated rings. The molecule has 6 rings (SSSR count). The Balaban J connectivity index is 1.59. The molecule has 1 aliphatic carbocycles. The summed E-state index contributed by atoms with van der Waals surface area (Å²) in [5, 5.41) is 6.84. The molecule has 0 unspecified atom stereocenters. The number of anilines is 1. The minimum Gasteiger partial charge on any atom is -0.377 e. The van der Waals surface area contributed by atoms with Crippen molar-refractivity contribution < 1.29 is 4.74 Å². The van der Waals surface area contributed by atoms with E-state index in [1.807, 2.05) is 30.7 Å². The van der Waals surface area contributed by atoms with Crippen LogP contribution in [0, 0.1) is 0 Å². The maximum absolute atomic E-state index is 5.68. The molecule has 5 heterocycles. The highest BCUT2D eigenvalue weighted by molar-refractivity contribution is 5.94. The first-order valence-electron chi connectivity index (χ1n) is 10.8. The molecule has 0 bridgehead atoms. The van der Waals surface area contributed by atoms with Crippen LogP contribution in [0.25, 0.3) is 33.5 Å². The summed E-state index contributed by atoms with van der Waals surface area (Å²) in [6, 6.07) is 4.71. The summed E-state index contributed by atoms with van der Waals surface area (Å²) in [6.07, 6.45) is 10.5. The number of aromatic nitrogens is 6. The summed E-state index contributed by atoms with van der Waals surface area (Å²) < 4.78 is 7.81. The van der Waals surface area contributed by atoms with Crippen LogP contribution in [0.2, 0.25) is 0 Å². The van der Waals surface area contributed by atoms with Crippen molar-refractivity contribution in [3.8, 4) is 11.4 Å². The van der Waals surface area contributed by atoms with Crippen molar-refractivity contribution in [1.29, 1.82) is 0 Å². The third-order valence-electron chi connectivity index (χ3n) is 6.45. The second kappa shape index (κ2) is 7.05. The number of hydrogen-bond donors (Lipinski definition) is 1. The lowest BCUT2D eigenvalue weighted by atomic mass is 10.1. The number of nitrogens with one attached hydrogen (secondary N) is 1. The van der Waals surface area contributed by atoms with E-state index in [2.05, 4.69) is 26.5 Å². The van der Waals surface area contributed by atoms with Gasteiger partial charge in [0.2, 0.25) is 0 Å². The first-order chi connectivity index (χ1) is 14.8. The highest BCUT2D eigenvalue weighted by Crippen LogP contribution is 2.36. The Morgan fingerprint density at radius 2 is 2.03 bits per heavy atom. The van der Waals surface area contributed by atoms with E-state index >= 15 is 0 Å². The number of aromatic amines is 1. The fourth-order valence-corrected chi connectivity index (χ4v) is 4.86. The van der Waals surface area contributed by atoms with Crippen molar-refractivity contribution in [2.75, 3.05) is 24.7 Å². The Bertz CT molecular complexity index is 1210. The van der Waals surface area contributed by atoms with Gasteiger partial charge in [0.05, 0.1) is 36.9 Å². The van der Waals surface area contributed by atoms with Gasteiger partial charge in [-0.25, -0.2) is 19.6 Å². The highest BCUT2D eigenvalue weighted by Gasteiger charge is 2.27. The zero-order valence-electron chi connectivity index (χ0n) is 17.1. The van der Waals surface area contributed by atoms with Crippen LogP contribution in [0.15, 0.2) is 30.7 Å². The average Bonchev–Trinajstić information content (AvgIpc) is 3.52. The van der Waals surface area contributed by atoms with Gasteiger partial charge in [-0.2, -0.15) is 5.10 Å². The first-order valence-corrected chi connectivity index (χ1v) is 10.8. The number of hydrogen-bond acceptors (Lipinski definition) is 6. The van der Waals surface area contributed by atoms with Gasteiger partial charge in [0.1, 0.15) is 11.5 Å². The van der Waals surface area contributed by atoms with E-state index in [0.29, 0.717) is 19.3 Å². The molecule has 0 aromatic carbocycles. The molecule has 1 aliphatic heterocycles. The number of morpholine rings is 1. The van der Waals surface area contributed by atoms with Crippen LogP contribution in [-0.2, 0) is 4.74 Å². The smallest absolute Gasteiger partial charge is 0.164 e. The molecular weight excluding hydrogens is 378 g/mol. The van der Waals surface area contributed by atoms with Crippen LogP contribution >= 0.6 is 0 Å². The van der Waals surface area contributed by atoms with Crippen LogP contribution < -0.4 is 4.90 Å². The number of H-pyrrole nitrogens is 1. The average molecular weight is 403 g/mol. The van der Waals surface area contributed by atoms with Crippen molar-refractivity contribution in [2.45, 2.75) is 44.7 Å². The van der Waals surface area contributed by atoms with Crippen LogP contribution in [0.5, 0.6) is 0 Å². The van der Waals surface area contributed by atoms with Crippen molar-refractivity contribution >= 4 is 27.9 Å². The van der Waals surface area contributed by atoms with Gasteiger partial charge in [-0.15, -0.1) is 0 Å². The van der Waals surface area contributed by atoms with E-state index in [9.17, 15) is 0 Å². The summed E-state index contributed by atoms with van der Waals surface area (Å²) >= 11 is 0. The molecule has 0 radical (unpaired) electrons. The molecule has 1 saturated carbocycles. The van der Waals surface area contributed by atoms with Gasteiger partial charge in [0, 0.05) is 29.9 Å². The fourth-order valence-electron chi connectivity index (χ4n) is 4.86. The largest absolute Gasteiger partial charge is 0.377 e. The molecule has 1 saturated heterocycles. The number of pyridine rings is 1. The lowest BCUT2D eigenvalue weighted by Gasteiger charge is -2.34. The van der Waals surface area contributed by atoms with Crippen LogP contribution in [0.3, 0.4) is 0 Å². The standard InChI is InChI=1S/C22H25N7O/c1-14-13-30-11-10-28(14)21-18-12-25-29(15-4-2-3-5-15)22(18)27-20(26-21)17-7-9-24-19-16(17)6-8-23-19/h6-9,12,14-15H,2-5,10-11,13H2,1H3,(H,23,24)/t14-/m1/s1. The fraction of sp³-hybridized carbons (Fsp3) is 0.455. The Morgan fingerprint density at radius 3 is 2.90 bits per heavy atom. The van der Waals surface area contributed by atoms with Gasteiger partial charge < -0.3 is 14.6 Å². The first kappa shape index (κ1) is 17.8. The van der Waals surface area contributed by atoms with Crippen LogP contribution in [-0.4, -0.2) is 55.5 Å². The molecule has 2 aliphatic rings. The molecular formula is C22H25N7O. The topological polar surface area (TPSA) is 84.8 Å². The van der Waals surface area contributed by atoms with Gasteiger partial charge in [-0.05, 0) is 31.9 Å². The summed E-state index contributed by atoms with van der Waals surface area (Å²) in [6.45, 7) is 4.41. The highest BCUT2D eigenvalue weighted by atomic mass is 16.5. The normalized spacial score (nSPS) is 20.6. The number of rotatable bonds is 3. The zero-order chi connectivity index (χ0) is 20.1. The lowest BCUT2D eigenvalue weighted by molar-refractivity contribution is 0.0987. The maximum atomic E-state index is 5.68. The summed E-state index contributed by atoms with van der Waals surface area (Å²) in [5.41, 5.74) is 2.77. The molecule has 8 heteroatoms. The molecule has 4 aromatic heterocycles. The maximum Gasteiger partial charge on any atom is 0.164 e. The van der Waals surface area contributed by atoms with Crippen molar-refractivity contribution in [3.05, 3.63) is 30.7 Å². The van der Waals surface area contributed by atoms with Crippen LogP contribution in [0.1, 0.15) is 38.6 Å². The number of nitrogens with zero attached hydrogens (tertiary/aromatic N) is 6. The van der Waals surface area contributed by atoms with Crippen LogP contribution in [0.4, 0.5) is 5.82 Å². The zero-order valence-corrected chi connectivity index (χ0v) is 17.1. The minimum absolute atomic E-state index is 0.254. The quantitative estimate of drug-likeness (QED) is 0.561. The number of fused-ring (bicyclic) bond motifs is 2. The van der Waals surface area contributed by atoms with Gasteiger partial charge in [-0.3, -0.25) is 0 Å². The molecule has 0 spiro atoms. The third kappa shape index (κ3) is 2.78. The third-order valence-corrected chi connectivity index (χ3v) is 6.45.